The lowest BCUT2D eigenvalue weighted by molar-refractivity contribution is -0.151. The fraction of sp³-hybridized carbons (Fsp3) is 0.316. The summed E-state index contributed by atoms with van der Waals surface area (Å²) in [6.45, 7) is 4.98. The molecule has 0 spiro atoms. The van der Waals surface area contributed by atoms with Crippen molar-refractivity contribution in [3.8, 4) is 0 Å². The number of hydrogen-bond acceptors (Lipinski definition) is 5. The molecule has 2 rings (SSSR count). The van der Waals surface area contributed by atoms with Gasteiger partial charge in [0, 0.05) is 10.9 Å². The minimum Gasteiger partial charge on any atom is -0.452 e. The molecule has 0 heterocycles. The number of ether oxygens (including phenoxy) is 1. The quantitative estimate of drug-likeness (QED) is 0.600. The molecule has 138 valence electrons. The largest absolute Gasteiger partial charge is 0.452 e. The third kappa shape index (κ3) is 6.07. The molecule has 1 unspecified atom stereocenters. The zero-order valence-corrected chi connectivity index (χ0v) is 15.8. The molecule has 0 aliphatic heterocycles. The Labute approximate surface area is 156 Å². The van der Waals surface area contributed by atoms with Crippen LogP contribution in [-0.2, 0) is 14.3 Å². The van der Waals surface area contributed by atoms with Crippen LogP contribution in [0.3, 0.4) is 0 Å². The highest BCUT2D eigenvalue weighted by atomic mass is 32.2. The molecule has 0 bridgehead atoms. The Morgan fingerprint density at radius 1 is 1.04 bits per heavy atom. The molecule has 2 aromatic carbocycles. The van der Waals surface area contributed by atoms with Gasteiger partial charge in [0.2, 0.25) is 0 Å². The summed E-state index contributed by atoms with van der Waals surface area (Å²) in [5.74, 6) is -1.10. The maximum atomic E-state index is 11.9. The van der Waals surface area contributed by atoms with E-state index in [1.807, 2.05) is 42.5 Å². The Morgan fingerprint density at radius 3 is 2.42 bits per heavy atom. The van der Waals surface area contributed by atoms with Gasteiger partial charge >= 0.3 is 12.0 Å². The first-order valence-electron chi connectivity index (χ1n) is 8.27. The van der Waals surface area contributed by atoms with Crippen LogP contribution in [0.2, 0.25) is 0 Å². The third-order valence-corrected chi connectivity index (χ3v) is 4.38. The van der Waals surface area contributed by atoms with Crippen LogP contribution < -0.4 is 10.6 Å². The lowest BCUT2D eigenvalue weighted by Crippen LogP contribution is -2.46. The molecule has 1 atom stereocenters. The zero-order valence-electron chi connectivity index (χ0n) is 14.9. The van der Waals surface area contributed by atoms with Crippen molar-refractivity contribution < 1.29 is 19.1 Å². The van der Waals surface area contributed by atoms with E-state index in [9.17, 15) is 14.4 Å². The first kappa shape index (κ1) is 19.8. The number of urea groups is 1. The van der Waals surface area contributed by atoms with E-state index in [-0.39, 0.29) is 11.8 Å². The summed E-state index contributed by atoms with van der Waals surface area (Å²) in [7, 11) is 0. The standard InChI is InChI=1S/C19H22N2O4S/c1-12(2)20-19(24)21-18(23)13(3)25-17(22)11-26-16-9-8-14-6-4-5-7-15(14)10-16/h4-10,12-13H,11H2,1-3H3,(H2,20,21,23,24). The van der Waals surface area contributed by atoms with Crippen molar-refractivity contribution >= 4 is 40.4 Å². The summed E-state index contributed by atoms with van der Waals surface area (Å²) in [5, 5.41) is 6.89. The summed E-state index contributed by atoms with van der Waals surface area (Å²) in [4.78, 5) is 36.2. The number of thioether (sulfide) groups is 1. The highest BCUT2D eigenvalue weighted by molar-refractivity contribution is 8.00. The first-order chi connectivity index (χ1) is 12.3. The van der Waals surface area contributed by atoms with E-state index in [4.69, 9.17) is 4.74 Å². The molecule has 0 fully saturated rings. The highest BCUT2D eigenvalue weighted by Crippen LogP contribution is 2.23. The Hall–Kier alpha value is -2.54. The van der Waals surface area contributed by atoms with Gasteiger partial charge in [-0.2, -0.15) is 0 Å². The second kappa shape index (κ2) is 9.24. The number of esters is 1. The molecule has 2 aromatic rings. The summed E-state index contributed by atoms with van der Waals surface area (Å²) in [6.07, 6.45) is -1.04. The number of fused-ring (bicyclic) bond motifs is 1. The van der Waals surface area contributed by atoms with Crippen LogP contribution in [0.4, 0.5) is 4.79 Å². The van der Waals surface area contributed by atoms with Gasteiger partial charge in [-0.25, -0.2) is 4.79 Å². The topological polar surface area (TPSA) is 84.5 Å². The Kier molecular flexibility index (Phi) is 7.03. The minimum absolute atomic E-state index is 0.0775. The van der Waals surface area contributed by atoms with Crippen molar-refractivity contribution in [2.75, 3.05) is 5.75 Å². The second-order valence-corrected chi connectivity index (χ2v) is 7.10. The van der Waals surface area contributed by atoms with E-state index in [0.29, 0.717) is 0 Å². The van der Waals surface area contributed by atoms with Crippen LogP contribution in [0.25, 0.3) is 10.8 Å². The van der Waals surface area contributed by atoms with Crippen LogP contribution in [0, 0.1) is 0 Å². The molecule has 7 heteroatoms. The van der Waals surface area contributed by atoms with E-state index >= 15 is 0 Å². The number of carbonyl (C=O) groups excluding carboxylic acids is 3. The van der Waals surface area contributed by atoms with E-state index in [1.54, 1.807) is 13.8 Å². The van der Waals surface area contributed by atoms with E-state index in [2.05, 4.69) is 10.6 Å². The van der Waals surface area contributed by atoms with Gasteiger partial charge < -0.3 is 10.1 Å². The lowest BCUT2D eigenvalue weighted by Gasteiger charge is -2.14. The molecule has 26 heavy (non-hydrogen) atoms. The van der Waals surface area contributed by atoms with Crippen molar-refractivity contribution in [2.45, 2.75) is 37.8 Å². The zero-order chi connectivity index (χ0) is 19.1. The third-order valence-electron chi connectivity index (χ3n) is 3.41. The molecule has 0 radical (unpaired) electrons. The van der Waals surface area contributed by atoms with Gasteiger partial charge in [0.1, 0.15) is 0 Å². The van der Waals surface area contributed by atoms with Gasteiger partial charge in [0.05, 0.1) is 5.75 Å². The number of hydrogen-bond donors (Lipinski definition) is 2. The van der Waals surface area contributed by atoms with Gasteiger partial charge in [0.25, 0.3) is 5.91 Å². The maximum Gasteiger partial charge on any atom is 0.321 e. The maximum absolute atomic E-state index is 11.9. The molecular weight excluding hydrogens is 352 g/mol. The fourth-order valence-corrected chi connectivity index (χ4v) is 2.92. The number of benzene rings is 2. The molecule has 0 aromatic heterocycles. The smallest absolute Gasteiger partial charge is 0.321 e. The van der Waals surface area contributed by atoms with Crippen LogP contribution in [0.5, 0.6) is 0 Å². The van der Waals surface area contributed by atoms with Crippen molar-refractivity contribution in [3.05, 3.63) is 42.5 Å². The summed E-state index contributed by atoms with van der Waals surface area (Å²) >= 11 is 1.33. The SMILES string of the molecule is CC(C)NC(=O)NC(=O)C(C)OC(=O)CSc1ccc2ccccc2c1. The van der Waals surface area contributed by atoms with Crippen molar-refractivity contribution in [1.82, 2.24) is 10.6 Å². The van der Waals surface area contributed by atoms with Gasteiger partial charge in [-0.15, -0.1) is 11.8 Å². The molecule has 0 aliphatic rings. The average molecular weight is 374 g/mol. The molecule has 2 N–H and O–H groups in total. The molecule has 0 aliphatic carbocycles. The van der Waals surface area contributed by atoms with Crippen LogP contribution in [0.1, 0.15) is 20.8 Å². The Balaban J connectivity index is 1.81. The minimum atomic E-state index is -1.04. The predicted molar refractivity (Wildman–Crippen MR) is 102 cm³/mol. The van der Waals surface area contributed by atoms with Gasteiger partial charge in [-0.05, 0) is 43.7 Å². The molecule has 6 nitrogen and oxygen atoms in total. The summed E-state index contributed by atoms with van der Waals surface area (Å²) in [6, 6.07) is 13.2. The number of amides is 3. The Morgan fingerprint density at radius 2 is 1.73 bits per heavy atom. The van der Waals surface area contributed by atoms with Gasteiger partial charge in [-0.3, -0.25) is 14.9 Å². The van der Waals surface area contributed by atoms with Gasteiger partial charge in [-0.1, -0.05) is 30.3 Å². The highest BCUT2D eigenvalue weighted by Gasteiger charge is 2.20. The molecular formula is C19H22N2O4S. The summed E-state index contributed by atoms with van der Waals surface area (Å²) in [5.41, 5.74) is 0. The van der Waals surface area contributed by atoms with Gasteiger partial charge in [0.15, 0.2) is 6.10 Å². The second-order valence-electron chi connectivity index (χ2n) is 6.05. The van der Waals surface area contributed by atoms with Crippen molar-refractivity contribution in [2.24, 2.45) is 0 Å². The molecule has 3 amide bonds. The first-order valence-corrected chi connectivity index (χ1v) is 9.26. The van der Waals surface area contributed by atoms with Crippen LogP contribution in [0.15, 0.2) is 47.4 Å². The van der Waals surface area contributed by atoms with Crippen LogP contribution in [-0.4, -0.2) is 35.8 Å². The predicted octanol–water partition coefficient (Wildman–Crippen LogP) is 3.10. The van der Waals surface area contributed by atoms with E-state index in [0.717, 1.165) is 15.7 Å². The number of carbonyl (C=O) groups is 3. The monoisotopic (exact) mass is 374 g/mol. The normalized spacial score (nSPS) is 11.8. The average Bonchev–Trinajstić information content (AvgIpc) is 2.58. The van der Waals surface area contributed by atoms with Crippen molar-refractivity contribution in [1.29, 1.82) is 0 Å². The number of rotatable bonds is 6. The number of nitrogens with one attached hydrogen (secondary N) is 2. The van der Waals surface area contributed by atoms with Crippen molar-refractivity contribution in [3.63, 3.8) is 0 Å². The number of imide groups is 1. The summed E-state index contributed by atoms with van der Waals surface area (Å²) < 4.78 is 5.08. The lowest BCUT2D eigenvalue weighted by atomic mass is 10.1. The van der Waals surface area contributed by atoms with E-state index in [1.165, 1.54) is 18.7 Å². The Bertz CT molecular complexity index is 807. The van der Waals surface area contributed by atoms with E-state index < -0.39 is 24.0 Å². The molecule has 0 saturated carbocycles. The fourth-order valence-electron chi connectivity index (χ4n) is 2.20. The van der Waals surface area contributed by atoms with Crippen LogP contribution >= 0.6 is 11.8 Å². The molecule has 0 saturated heterocycles.